The zero-order valence-corrected chi connectivity index (χ0v) is 15.7. The van der Waals surface area contributed by atoms with E-state index in [4.69, 9.17) is 28.6 Å². The maximum absolute atomic E-state index is 10.9. The van der Waals surface area contributed by atoms with Crippen molar-refractivity contribution in [2.24, 2.45) is 5.10 Å². The predicted molar refractivity (Wildman–Crippen MR) is 104 cm³/mol. The number of benzene rings is 2. The summed E-state index contributed by atoms with van der Waals surface area (Å²) in [6.45, 7) is 2.08. The molecule has 0 atom stereocenters. The number of halogens is 1. The Balaban J connectivity index is 1.84. The van der Waals surface area contributed by atoms with Crippen LogP contribution < -0.4 is 4.74 Å². The van der Waals surface area contributed by atoms with Crippen molar-refractivity contribution in [2.75, 3.05) is 0 Å². The molecule has 3 aromatic rings. The van der Waals surface area contributed by atoms with Gasteiger partial charge in [-0.05, 0) is 36.8 Å². The molecule has 0 fully saturated rings. The normalized spacial score (nSPS) is 11.0. The lowest BCUT2D eigenvalue weighted by atomic mass is 10.2. The molecule has 8 nitrogen and oxygen atoms in total. The van der Waals surface area contributed by atoms with Gasteiger partial charge in [0.25, 0.3) is 5.69 Å². The second-order valence-electron chi connectivity index (χ2n) is 5.52. The van der Waals surface area contributed by atoms with Gasteiger partial charge < -0.3 is 4.74 Å². The van der Waals surface area contributed by atoms with E-state index in [2.05, 4.69) is 15.3 Å². The van der Waals surface area contributed by atoms with Gasteiger partial charge in [-0.1, -0.05) is 29.8 Å². The number of aromatic nitrogens is 3. The van der Waals surface area contributed by atoms with Crippen LogP contribution in [0.4, 0.5) is 5.69 Å². The Morgan fingerprint density at radius 3 is 2.93 bits per heavy atom. The number of ether oxygens (including phenoxy) is 1. The number of nitro groups is 1. The molecule has 10 heteroatoms. The minimum absolute atomic E-state index is 0.0836. The number of hydrogen-bond acceptors (Lipinski definition) is 6. The molecule has 2 aromatic carbocycles. The van der Waals surface area contributed by atoms with Crippen molar-refractivity contribution in [3.63, 3.8) is 0 Å². The average molecular weight is 404 g/mol. The van der Waals surface area contributed by atoms with Crippen molar-refractivity contribution in [1.82, 2.24) is 14.9 Å². The number of aromatic amines is 1. The molecule has 1 aromatic heterocycles. The fraction of sp³-hybridized carbons (Fsp3) is 0.118. The summed E-state index contributed by atoms with van der Waals surface area (Å²) in [4.78, 5) is 10.4. The molecule has 0 amide bonds. The van der Waals surface area contributed by atoms with Gasteiger partial charge in [0.05, 0.1) is 11.1 Å². The standard InChI is InChI=1S/C17H14ClN5O3S/c1-11-4-2-3-5-15(11)26-10-16-20-21-17(27)22(16)19-9-12-8-13(23(24)25)6-7-14(12)18/h2-9H,10H2,1H3,(H,21,27)/b19-9+. The Morgan fingerprint density at radius 1 is 1.41 bits per heavy atom. The molecule has 0 radical (unpaired) electrons. The third-order valence-electron chi connectivity index (χ3n) is 3.67. The second kappa shape index (κ2) is 8.11. The van der Waals surface area contributed by atoms with Crippen LogP contribution in [0.2, 0.25) is 5.02 Å². The smallest absolute Gasteiger partial charge is 0.270 e. The third kappa shape index (κ3) is 4.39. The molecule has 0 spiro atoms. The van der Waals surface area contributed by atoms with E-state index in [1.807, 2.05) is 31.2 Å². The molecule has 0 aliphatic carbocycles. The number of hydrogen-bond donors (Lipinski definition) is 1. The predicted octanol–water partition coefficient (Wildman–Crippen LogP) is 4.27. The summed E-state index contributed by atoms with van der Waals surface area (Å²) in [7, 11) is 0. The molecule has 3 rings (SSSR count). The summed E-state index contributed by atoms with van der Waals surface area (Å²) in [5, 5.41) is 22.2. The molecule has 0 saturated heterocycles. The maximum Gasteiger partial charge on any atom is 0.270 e. The molecule has 27 heavy (non-hydrogen) atoms. The highest BCUT2D eigenvalue weighted by Gasteiger charge is 2.10. The summed E-state index contributed by atoms with van der Waals surface area (Å²) in [5.74, 6) is 1.17. The van der Waals surface area contributed by atoms with Gasteiger partial charge in [0.2, 0.25) is 4.77 Å². The van der Waals surface area contributed by atoms with Crippen molar-refractivity contribution < 1.29 is 9.66 Å². The topological polar surface area (TPSA) is 98.3 Å². The Kier molecular flexibility index (Phi) is 5.63. The zero-order valence-electron chi connectivity index (χ0n) is 14.1. The first-order valence-corrected chi connectivity index (χ1v) is 8.57. The van der Waals surface area contributed by atoms with Crippen LogP contribution in [0.1, 0.15) is 17.0 Å². The molecular weight excluding hydrogens is 390 g/mol. The van der Waals surface area contributed by atoms with Crippen LogP contribution in [0, 0.1) is 21.8 Å². The van der Waals surface area contributed by atoms with E-state index < -0.39 is 4.92 Å². The van der Waals surface area contributed by atoms with E-state index >= 15 is 0 Å². The van der Waals surface area contributed by atoms with Gasteiger partial charge in [-0.2, -0.15) is 14.9 Å². The van der Waals surface area contributed by atoms with Gasteiger partial charge in [-0.3, -0.25) is 10.1 Å². The minimum Gasteiger partial charge on any atom is -0.485 e. The lowest BCUT2D eigenvalue weighted by molar-refractivity contribution is -0.384. The Morgan fingerprint density at radius 2 is 2.19 bits per heavy atom. The fourth-order valence-corrected chi connectivity index (χ4v) is 2.63. The van der Waals surface area contributed by atoms with Crippen molar-refractivity contribution in [2.45, 2.75) is 13.5 Å². The van der Waals surface area contributed by atoms with Gasteiger partial charge >= 0.3 is 0 Å². The molecule has 0 aliphatic heterocycles. The SMILES string of the molecule is Cc1ccccc1OCc1n[nH]c(=S)n1/N=C/c1cc([N+](=O)[O-])ccc1Cl. The van der Waals surface area contributed by atoms with E-state index in [0.29, 0.717) is 16.4 Å². The number of para-hydroxylation sites is 1. The molecule has 0 aliphatic rings. The summed E-state index contributed by atoms with van der Waals surface area (Å²) in [5.41, 5.74) is 1.30. The summed E-state index contributed by atoms with van der Waals surface area (Å²) >= 11 is 11.3. The highest BCUT2D eigenvalue weighted by atomic mass is 35.5. The van der Waals surface area contributed by atoms with E-state index in [1.165, 1.54) is 29.1 Å². The molecular formula is C17H14ClN5O3S. The maximum atomic E-state index is 10.9. The first kappa shape index (κ1) is 18.7. The average Bonchev–Trinajstić information content (AvgIpc) is 3.00. The van der Waals surface area contributed by atoms with E-state index in [-0.39, 0.29) is 17.1 Å². The van der Waals surface area contributed by atoms with Crippen molar-refractivity contribution in [3.8, 4) is 5.75 Å². The van der Waals surface area contributed by atoms with Crippen LogP contribution in [0.5, 0.6) is 5.75 Å². The number of nitrogens with zero attached hydrogens (tertiary/aromatic N) is 4. The Bertz CT molecular complexity index is 1080. The number of aryl methyl sites for hydroxylation is 1. The summed E-state index contributed by atoms with van der Waals surface area (Å²) < 4.78 is 7.40. The number of non-ortho nitro benzene ring substituents is 1. The Hall–Kier alpha value is -3.04. The van der Waals surface area contributed by atoms with Gasteiger partial charge in [-0.15, -0.1) is 0 Å². The highest BCUT2D eigenvalue weighted by Crippen LogP contribution is 2.21. The van der Waals surface area contributed by atoms with Gasteiger partial charge in [-0.25, -0.2) is 5.10 Å². The molecule has 1 heterocycles. The van der Waals surface area contributed by atoms with Crippen molar-refractivity contribution in [1.29, 1.82) is 0 Å². The van der Waals surface area contributed by atoms with Crippen LogP contribution in [0.25, 0.3) is 0 Å². The second-order valence-corrected chi connectivity index (χ2v) is 6.31. The molecule has 138 valence electrons. The van der Waals surface area contributed by atoms with Crippen molar-refractivity contribution >= 4 is 35.7 Å². The van der Waals surface area contributed by atoms with Crippen molar-refractivity contribution in [3.05, 3.63) is 79.3 Å². The van der Waals surface area contributed by atoms with E-state index in [9.17, 15) is 10.1 Å². The number of nitrogens with one attached hydrogen (secondary N) is 1. The first-order chi connectivity index (χ1) is 13.0. The van der Waals surface area contributed by atoms with Crippen LogP contribution in [-0.4, -0.2) is 26.0 Å². The minimum atomic E-state index is -0.501. The largest absolute Gasteiger partial charge is 0.485 e. The monoisotopic (exact) mass is 403 g/mol. The third-order valence-corrected chi connectivity index (χ3v) is 4.28. The number of rotatable bonds is 6. The van der Waals surface area contributed by atoms with Gasteiger partial charge in [0.15, 0.2) is 5.82 Å². The summed E-state index contributed by atoms with van der Waals surface area (Å²) in [6, 6.07) is 11.7. The lowest BCUT2D eigenvalue weighted by Gasteiger charge is -2.07. The molecule has 0 saturated carbocycles. The lowest BCUT2D eigenvalue weighted by Crippen LogP contribution is -2.05. The first-order valence-electron chi connectivity index (χ1n) is 7.78. The fourth-order valence-electron chi connectivity index (χ4n) is 2.26. The zero-order chi connectivity index (χ0) is 19.4. The molecule has 1 N–H and O–H groups in total. The quantitative estimate of drug-likeness (QED) is 0.287. The number of nitro benzene ring substituents is 1. The van der Waals surface area contributed by atoms with E-state index in [1.54, 1.807) is 0 Å². The summed E-state index contributed by atoms with van der Waals surface area (Å²) in [6.07, 6.45) is 1.39. The Labute approximate surface area is 164 Å². The molecule has 0 bridgehead atoms. The van der Waals surface area contributed by atoms with Crippen LogP contribution >= 0.6 is 23.8 Å². The van der Waals surface area contributed by atoms with Gasteiger partial charge in [0, 0.05) is 22.7 Å². The highest BCUT2D eigenvalue weighted by molar-refractivity contribution is 7.71. The van der Waals surface area contributed by atoms with Crippen LogP contribution in [0.3, 0.4) is 0 Å². The van der Waals surface area contributed by atoms with Crippen LogP contribution in [-0.2, 0) is 6.61 Å². The molecule has 0 unspecified atom stereocenters. The number of H-pyrrole nitrogens is 1. The van der Waals surface area contributed by atoms with Gasteiger partial charge in [0.1, 0.15) is 12.4 Å². The van der Waals surface area contributed by atoms with E-state index in [0.717, 1.165) is 11.3 Å². The van der Waals surface area contributed by atoms with Crippen LogP contribution in [0.15, 0.2) is 47.6 Å².